The molecule has 157 valence electrons. The molecule has 0 unspecified atom stereocenters. The third kappa shape index (κ3) is 6.84. The molecule has 0 aliphatic rings. The van der Waals surface area contributed by atoms with Crippen molar-refractivity contribution in [1.82, 2.24) is 0 Å². The van der Waals surface area contributed by atoms with Gasteiger partial charge in [-0.05, 0) is 48.0 Å². The summed E-state index contributed by atoms with van der Waals surface area (Å²) >= 11 is 0. The van der Waals surface area contributed by atoms with Gasteiger partial charge in [-0.15, -0.1) is 0 Å². The van der Waals surface area contributed by atoms with E-state index in [0.717, 1.165) is 0 Å². The second-order valence-electron chi connectivity index (χ2n) is 6.19. The molecule has 0 aliphatic carbocycles. The number of nitro groups is 1. The zero-order valence-electron chi connectivity index (χ0n) is 16.0. The number of rotatable bonds is 7. The summed E-state index contributed by atoms with van der Waals surface area (Å²) in [5, 5.41) is 20.4. The van der Waals surface area contributed by atoms with Crippen LogP contribution in [-0.2, 0) is 16.6 Å². The smallest absolute Gasteiger partial charge is 0.269 e. The molecule has 0 fully saturated rings. The summed E-state index contributed by atoms with van der Waals surface area (Å²) in [7, 11) is -4.25. The normalized spacial score (nSPS) is 10.6. The minimum atomic E-state index is -4.25. The Morgan fingerprint density at radius 1 is 1.03 bits per heavy atom. The van der Waals surface area contributed by atoms with E-state index in [1.807, 2.05) is 0 Å². The zero-order valence-corrected chi connectivity index (χ0v) is 21.6. The maximum Gasteiger partial charge on any atom is 0.269 e. The number of ether oxygens (including phenoxy) is 1. The first-order valence-electron chi connectivity index (χ1n) is 8.60. The van der Waals surface area contributed by atoms with Gasteiger partial charge in [-0.2, -0.15) is 0 Å². The number of hydrogen-bond donors (Lipinski definition) is 1. The van der Waals surface area contributed by atoms with Crippen molar-refractivity contribution >= 4 is 27.3 Å². The van der Waals surface area contributed by atoms with Crippen LogP contribution in [0.5, 0.6) is 5.75 Å². The Morgan fingerprint density at radius 2 is 1.71 bits per heavy atom. The number of non-ortho nitro benzene ring substituents is 1. The second-order valence-corrected chi connectivity index (χ2v) is 7.64. The summed E-state index contributed by atoms with van der Waals surface area (Å²) in [6, 6.07) is 17.8. The number of carbonyl (C=O) groups excluding carboxylic acids is 1. The summed E-state index contributed by atoms with van der Waals surface area (Å²) < 4.78 is 28.8. The Hall–Kier alpha value is -2.32. The van der Waals surface area contributed by atoms with E-state index in [4.69, 9.17) is 9.88 Å². The average molecular weight is 653 g/mol. The van der Waals surface area contributed by atoms with Crippen molar-refractivity contribution in [3.63, 3.8) is 0 Å². The molecule has 0 aliphatic heterocycles. The van der Waals surface area contributed by atoms with E-state index >= 15 is 0 Å². The number of nitrogens with zero attached hydrogens (tertiary/aromatic N) is 1. The van der Waals surface area contributed by atoms with Gasteiger partial charge < -0.3 is 15.2 Å². The summed E-state index contributed by atoms with van der Waals surface area (Å²) in [5.74, 6) is -0.172. The SMILES string of the molecule is [Ac].[NH-]S(=O)(=O)c1ccccc1NC(=O)c1cccc(OCc2ccc([N+](=O)[O-])cc2)c1. The molecular weight excluding hydrogens is 637 g/mol. The van der Waals surface area contributed by atoms with Crippen LogP contribution in [0.1, 0.15) is 15.9 Å². The standard InChI is InChI=1S/C20H17N3O6S.Ac/c21-30(27,28)19-7-2-1-6-18(19)22-20(24)15-4-3-5-17(12-15)29-13-14-8-10-16(11-9-14)23(25)26;/h1-12H,13H2,(H3,21,22,24,27,28);/p-1. The molecule has 0 heterocycles. The molecule has 11 heteroatoms. The van der Waals surface area contributed by atoms with Crippen molar-refractivity contribution in [3.8, 4) is 5.75 Å². The van der Waals surface area contributed by atoms with Crippen LogP contribution in [-0.4, -0.2) is 19.2 Å². The molecule has 0 spiro atoms. The van der Waals surface area contributed by atoms with Crippen LogP contribution in [0, 0.1) is 54.2 Å². The molecule has 0 bridgehead atoms. The third-order valence-electron chi connectivity index (χ3n) is 4.07. The fraction of sp³-hybridized carbons (Fsp3) is 0.0500. The molecule has 0 saturated heterocycles. The quantitative estimate of drug-likeness (QED) is 0.300. The summed E-state index contributed by atoms with van der Waals surface area (Å²) in [5.41, 5.74) is 0.931. The van der Waals surface area contributed by atoms with Gasteiger partial charge in [-0.3, -0.25) is 14.9 Å². The number of anilines is 1. The van der Waals surface area contributed by atoms with Gasteiger partial charge in [-0.1, -0.05) is 18.2 Å². The Bertz CT molecular complexity index is 1200. The van der Waals surface area contributed by atoms with Crippen LogP contribution in [0.3, 0.4) is 0 Å². The van der Waals surface area contributed by atoms with Crippen LogP contribution in [0.4, 0.5) is 11.4 Å². The first-order chi connectivity index (χ1) is 14.2. The average Bonchev–Trinajstić information content (AvgIpc) is 2.72. The number of benzene rings is 3. The summed E-state index contributed by atoms with van der Waals surface area (Å²) in [6.45, 7) is 0.142. The van der Waals surface area contributed by atoms with Crippen LogP contribution in [0.15, 0.2) is 77.7 Å². The Kier molecular flexibility index (Phi) is 8.71. The van der Waals surface area contributed by atoms with Gasteiger partial charge in [0.1, 0.15) is 22.4 Å². The molecule has 0 aromatic heterocycles. The van der Waals surface area contributed by atoms with Crippen LogP contribution < -0.4 is 10.1 Å². The molecule has 3 aromatic rings. The van der Waals surface area contributed by atoms with Gasteiger partial charge >= 0.3 is 0 Å². The van der Waals surface area contributed by atoms with Gasteiger partial charge in [0.05, 0.1) is 15.5 Å². The van der Waals surface area contributed by atoms with Crippen molar-refractivity contribution in [2.75, 3.05) is 5.32 Å². The number of para-hydroxylation sites is 1. The molecular formula is C20H16AcN3O6S-. The van der Waals surface area contributed by atoms with E-state index in [0.29, 0.717) is 11.3 Å². The second kappa shape index (κ2) is 10.8. The van der Waals surface area contributed by atoms with Crippen LogP contribution >= 0.6 is 0 Å². The maximum absolute atomic E-state index is 12.5. The molecule has 9 nitrogen and oxygen atoms in total. The molecule has 1 amide bonds. The van der Waals surface area contributed by atoms with Crippen LogP contribution in [0.25, 0.3) is 5.14 Å². The number of hydrogen-bond acceptors (Lipinski definition) is 6. The number of nitro benzene ring substituents is 1. The van der Waals surface area contributed by atoms with Crippen molar-refractivity contribution in [2.45, 2.75) is 11.5 Å². The molecule has 3 aromatic carbocycles. The third-order valence-corrected chi connectivity index (χ3v) is 5.01. The first kappa shape index (κ1) is 24.9. The molecule has 0 saturated carbocycles. The predicted octanol–water partition coefficient (Wildman–Crippen LogP) is 4.17. The largest absolute Gasteiger partial charge is 0.560 e. The summed E-state index contributed by atoms with van der Waals surface area (Å²) in [6.07, 6.45) is 0. The van der Waals surface area contributed by atoms with E-state index in [-0.39, 0.29) is 72.5 Å². The fourth-order valence-electron chi connectivity index (χ4n) is 2.61. The Labute approximate surface area is 214 Å². The Morgan fingerprint density at radius 3 is 2.35 bits per heavy atom. The van der Waals surface area contributed by atoms with Gasteiger partial charge in [0.2, 0.25) is 0 Å². The van der Waals surface area contributed by atoms with Gasteiger partial charge in [0, 0.05) is 61.8 Å². The fourth-order valence-corrected chi connectivity index (χ4v) is 3.27. The van der Waals surface area contributed by atoms with Crippen LogP contribution in [0.2, 0.25) is 0 Å². The van der Waals surface area contributed by atoms with Crippen molar-refractivity contribution in [3.05, 3.63) is 99.2 Å². The first-order valence-corrected chi connectivity index (χ1v) is 10.1. The van der Waals surface area contributed by atoms with Crippen molar-refractivity contribution < 1.29 is 66.9 Å². The van der Waals surface area contributed by atoms with Gasteiger partial charge in [0.25, 0.3) is 11.6 Å². The number of carbonyl (C=O) groups is 1. The number of sulfonamides is 1. The van der Waals surface area contributed by atoms with Crippen molar-refractivity contribution in [1.29, 1.82) is 0 Å². The van der Waals surface area contributed by atoms with Crippen molar-refractivity contribution in [2.24, 2.45) is 0 Å². The van der Waals surface area contributed by atoms with Gasteiger partial charge in [0.15, 0.2) is 0 Å². The zero-order chi connectivity index (χ0) is 21.7. The predicted molar refractivity (Wildman–Crippen MR) is 110 cm³/mol. The number of nitrogens with one attached hydrogen (secondary N) is 2. The topological polar surface area (TPSA) is 139 Å². The molecule has 3 rings (SSSR count). The minimum absolute atomic E-state index is 0. The summed E-state index contributed by atoms with van der Waals surface area (Å²) in [4.78, 5) is 22.4. The Balaban J connectivity index is 0.00000341. The number of amides is 1. The molecule has 31 heavy (non-hydrogen) atoms. The maximum atomic E-state index is 12.5. The minimum Gasteiger partial charge on any atom is -0.560 e. The molecule has 2 N–H and O–H groups in total. The van der Waals surface area contributed by atoms with E-state index in [1.165, 1.54) is 42.5 Å². The van der Waals surface area contributed by atoms with E-state index in [1.54, 1.807) is 30.3 Å². The van der Waals surface area contributed by atoms with E-state index in [2.05, 4.69) is 5.32 Å². The monoisotopic (exact) mass is 653 g/mol. The van der Waals surface area contributed by atoms with Gasteiger partial charge in [-0.25, -0.2) is 8.42 Å². The molecule has 0 atom stereocenters. The molecule has 1 radical (unpaired) electrons. The van der Waals surface area contributed by atoms with E-state index < -0.39 is 20.9 Å². The van der Waals surface area contributed by atoms with E-state index in [9.17, 15) is 23.3 Å².